The SMILES string of the molecule is Cc1cc(N2CCc3c(ncn3CCc3ccccc3)C2)ncn1. The Kier molecular flexibility index (Phi) is 3.99. The Hall–Kier alpha value is -2.69. The minimum absolute atomic E-state index is 0.824. The lowest BCUT2D eigenvalue weighted by Crippen LogP contribution is -2.32. The van der Waals surface area contributed by atoms with Crippen LogP contribution in [-0.2, 0) is 25.9 Å². The third-order valence-electron chi connectivity index (χ3n) is 4.59. The van der Waals surface area contributed by atoms with E-state index in [2.05, 4.69) is 54.8 Å². The van der Waals surface area contributed by atoms with Crippen LogP contribution < -0.4 is 4.90 Å². The molecule has 24 heavy (non-hydrogen) atoms. The van der Waals surface area contributed by atoms with E-state index in [-0.39, 0.29) is 0 Å². The number of aryl methyl sites for hydroxylation is 3. The van der Waals surface area contributed by atoms with E-state index in [4.69, 9.17) is 0 Å². The van der Waals surface area contributed by atoms with Crippen molar-refractivity contribution in [1.29, 1.82) is 0 Å². The standard InChI is InChI=1S/C19H21N5/c1-15-11-19(21-13-20-15)23-10-8-18-17(12-23)22-14-24(18)9-7-16-5-3-2-4-6-16/h2-6,11,13-14H,7-10,12H2,1H3. The highest BCUT2D eigenvalue weighted by Gasteiger charge is 2.21. The molecule has 0 spiro atoms. The summed E-state index contributed by atoms with van der Waals surface area (Å²) in [7, 11) is 0. The van der Waals surface area contributed by atoms with Crippen molar-refractivity contribution < 1.29 is 0 Å². The lowest BCUT2D eigenvalue weighted by Gasteiger charge is -2.28. The fourth-order valence-corrected chi connectivity index (χ4v) is 3.27. The smallest absolute Gasteiger partial charge is 0.132 e. The van der Waals surface area contributed by atoms with Crippen molar-refractivity contribution in [2.45, 2.75) is 32.9 Å². The molecule has 1 aromatic carbocycles. The van der Waals surface area contributed by atoms with Gasteiger partial charge >= 0.3 is 0 Å². The van der Waals surface area contributed by atoms with E-state index < -0.39 is 0 Å². The topological polar surface area (TPSA) is 46.8 Å². The molecular weight excluding hydrogens is 298 g/mol. The molecule has 0 fully saturated rings. The van der Waals surface area contributed by atoms with E-state index in [0.717, 1.165) is 44.0 Å². The second-order valence-electron chi connectivity index (χ2n) is 6.26. The Balaban J connectivity index is 1.47. The van der Waals surface area contributed by atoms with Crippen LogP contribution in [0.5, 0.6) is 0 Å². The molecule has 0 bridgehead atoms. The average molecular weight is 319 g/mol. The summed E-state index contributed by atoms with van der Waals surface area (Å²) >= 11 is 0. The molecule has 0 atom stereocenters. The number of hydrogen-bond donors (Lipinski definition) is 0. The molecule has 5 heteroatoms. The minimum atomic E-state index is 0.824. The van der Waals surface area contributed by atoms with Gasteiger partial charge in [0.25, 0.3) is 0 Å². The first-order chi connectivity index (χ1) is 11.8. The summed E-state index contributed by atoms with van der Waals surface area (Å²) in [6.07, 6.45) is 5.67. The van der Waals surface area contributed by atoms with E-state index in [0.29, 0.717) is 0 Å². The zero-order valence-electron chi connectivity index (χ0n) is 13.9. The summed E-state index contributed by atoms with van der Waals surface area (Å²) in [4.78, 5) is 15.5. The summed E-state index contributed by atoms with van der Waals surface area (Å²) in [5.41, 5.74) is 4.91. The molecule has 2 aromatic heterocycles. The second-order valence-corrected chi connectivity index (χ2v) is 6.26. The predicted octanol–water partition coefficient (Wildman–Crippen LogP) is 2.79. The first kappa shape index (κ1) is 14.9. The highest BCUT2D eigenvalue weighted by molar-refractivity contribution is 5.41. The fraction of sp³-hybridized carbons (Fsp3) is 0.316. The zero-order valence-corrected chi connectivity index (χ0v) is 13.9. The molecule has 122 valence electrons. The minimum Gasteiger partial charge on any atom is -0.350 e. The molecule has 0 unspecified atom stereocenters. The number of hydrogen-bond acceptors (Lipinski definition) is 4. The number of aromatic nitrogens is 4. The number of benzene rings is 1. The molecule has 4 rings (SSSR count). The van der Waals surface area contributed by atoms with Crippen molar-refractivity contribution in [3.63, 3.8) is 0 Å². The van der Waals surface area contributed by atoms with E-state index in [9.17, 15) is 0 Å². The molecular formula is C19H21N5. The third-order valence-corrected chi connectivity index (χ3v) is 4.59. The Morgan fingerprint density at radius 2 is 1.96 bits per heavy atom. The van der Waals surface area contributed by atoms with Gasteiger partial charge in [0.15, 0.2) is 0 Å². The first-order valence-corrected chi connectivity index (χ1v) is 8.40. The van der Waals surface area contributed by atoms with Crippen molar-refractivity contribution in [3.05, 3.63) is 71.7 Å². The molecule has 0 N–H and O–H groups in total. The van der Waals surface area contributed by atoms with E-state index >= 15 is 0 Å². The van der Waals surface area contributed by atoms with Crippen LogP contribution in [0.3, 0.4) is 0 Å². The third kappa shape index (κ3) is 3.02. The van der Waals surface area contributed by atoms with E-state index in [1.807, 2.05) is 19.3 Å². The maximum absolute atomic E-state index is 4.65. The summed E-state index contributed by atoms with van der Waals surface area (Å²) in [5, 5.41) is 0. The van der Waals surface area contributed by atoms with Gasteiger partial charge in [-0.05, 0) is 18.9 Å². The molecule has 3 aromatic rings. The molecule has 0 saturated carbocycles. The maximum Gasteiger partial charge on any atom is 0.132 e. The Morgan fingerprint density at radius 3 is 2.79 bits per heavy atom. The summed E-state index contributed by atoms with van der Waals surface area (Å²) in [5.74, 6) is 0.993. The predicted molar refractivity (Wildman–Crippen MR) is 93.9 cm³/mol. The van der Waals surface area contributed by atoms with Crippen LogP contribution in [0.25, 0.3) is 0 Å². The largest absolute Gasteiger partial charge is 0.350 e. The Bertz CT molecular complexity index is 825. The monoisotopic (exact) mass is 319 g/mol. The molecule has 0 aliphatic carbocycles. The van der Waals surface area contributed by atoms with Crippen molar-refractivity contribution in [3.8, 4) is 0 Å². The van der Waals surface area contributed by atoms with Crippen molar-refractivity contribution in [1.82, 2.24) is 19.5 Å². The van der Waals surface area contributed by atoms with Gasteiger partial charge in [0.1, 0.15) is 12.1 Å². The lowest BCUT2D eigenvalue weighted by molar-refractivity contribution is 0.622. The van der Waals surface area contributed by atoms with Crippen molar-refractivity contribution in [2.24, 2.45) is 0 Å². The quantitative estimate of drug-likeness (QED) is 0.742. The second kappa shape index (κ2) is 6.43. The van der Waals surface area contributed by atoms with Crippen molar-refractivity contribution >= 4 is 5.82 Å². The molecule has 0 saturated heterocycles. The van der Waals surface area contributed by atoms with Gasteiger partial charge < -0.3 is 9.47 Å². The lowest BCUT2D eigenvalue weighted by atomic mass is 10.1. The van der Waals surface area contributed by atoms with Gasteiger partial charge in [0.05, 0.1) is 18.6 Å². The van der Waals surface area contributed by atoms with Gasteiger partial charge in [-0.15, -0.1) is 0 Å². The molecule has 3 heterocycles. The molecule has 0 amide bonds. The van der Waals surface area contributed by atoms with Crippen LogP contribution in [0.15, 0.2) is 49.1 Å². The highest BCUT2D eigenvalue weighted by Crippen LogP contribution is 2.22. The first-order valence-electron chi connectivity index (χ1n) is 8.40. The molecule has 5 nitrogen and oxygen atoms in total. The van der Waals surface area contributed by atoms with Gasteiger partial charge in [-0.3, -0.25) is 0 Å². The van der Waals surface area contributed by atoms with Crippen LogP contribution in [0.1, 0.15) is 22.6 Å². The molecule has 1 aliphatic rings. The Morgan fingerprint density at radius 1 is 1.08 bits per heavy atom. The van der Waals surface area contributed by atoms with Gasteiger partial charge in [-0.2, -0.15) is 0 Å². The number of fused-ring (bicyclic) bond motifs is 1. The van der Waals surface area contributed by atoms with Crippen LogP contribution in [0, 0.1) is 6.92 Å². The fourth-order valence-electron chi connectivity index (χ4n) is 3.27. The van der Waals surface area contributed by atoms with Crippen LogP contribution >= 0.6 is 0 Å². The normalized spacial score (nSPS) is 13.8. The van der Waals surface area contributed by atoms with Gasteiger partial charge in [0.2, 0.25) is 0 Å². The summed E-state index contributed by atoms with van der Waals surface area (Å²) in [6, 6.07) is 12.7. The number of rotatable bonds is 4. The van der Waals surface area contributed by atoms with Crippen molar-refractivity contribution in [2.75, 3.05) is 11.4 Å². The van der Waals surface area contributed by atoms with Crippen LogP contribution in [0.2, 0.25) is 0 Å². The van der Waals surface area contributed by atoms with Gasteiger partial charge in [-0.25, -0.2) is 15.0 Å². The van der Waals surface area contributed by atoms with E-state index in [1.54, 1.807) is 6.33 Å². The van der Waals surface area contributed by atoms with Crippen LogP contribution in [0.4, 0.5) is 5.82 Å². The highest BCUT2D eigenvalue weighted by atomic mass is 15.2. The van der Waals surface area contributed by atoms with Gasteiger partial charge in [0, 0.05) is 37.0 Å². The van der Waals surface area contributed by atoms with E-state index in [1.165, 1.54) is 17.0 Å². The Labute approximate surface area is 142 Å². The number of anilines is 1. The molecule has 1 aliphatic heterocycles. The average Bonchev–Trinajstić information content (AvgIpc) is 3.03. The number of nitrogens with zero attached hydrogens (tertiary/aromatic N) is 5. The zero-order chi connectivity index (χ0) is 16.4. The molecule has 0 radical (unpaired) electrons. The van der Waals surface area contributed by atoms with Gasteiger partial charge in [-0.1, -0.05) is 30.3 Å². The maximum atomic E-state index is 4.65. The summed E-state index contributed by atoms with van der Waals surface area (Å²) < 4.78 is 2.31. The summed E-state index contributed by atoms with van der Waals surface area (Å²) in [6.45, 7) is 4.78. The van der Waals surface area contributed by atoms with Crippen LogP contribution in [-0.4, -0.2) is 26.1 Å². The number of imidazole rings is 1.